The number of imidazole rings is 1. The molecule has 1 unspecified atom stereocenters. The third-order valence-corrected chi connectivity index (χ3v) is 3.06. The molecule has 1 aromatic heterocycles. The van der Waals surface area contributed by atoms with Crippen molar-refractivity contribution in [3.63, 3.8) is 0 Å². The van der Waals surface area contributed by atoms with E-state index in [2.05, 4.69) is 48.1 Å². The van der Waals surface area contributed by atoms with Crippen molar-refractivity contribution in [1.29, 1.82) is 0 Å². The van der Waals surface area contributed by atoms with Gasteiger partial charge in [-0.25, -0.2) is 4.98 Å². The summed E-state index contributed by atoms with van der Waals surface area (Å²) in [7, 11) is 0. The highest BCUT2D eigenvalue weighted by Crippen LogP contribution is 2.20. The highest BCUT2D eigenvalue weighted by Gasteiger charge is 2.08. The van der Waals surface area contributed by atoms with Gasteiger partial charge in [0.2, 0.25) is 0 Å². The molecule has 0 spiro atoms. The molecule has 90 valence electrons. The van der Waals surface area contributed by atoms with Crippen LogP contribution in [0.3, 0.4) is 0 Å². The van der Waals surface area contributed by atoms with E-state index in [1.54, 1.807) is 0 Å². The normalized spacial score (nSPS) is 12.6. The number of H-pyrrole nitrogens is 1. The Morgan fingerprint density at radius 2 is 1.94 bits per heavy atom. The van der Waals surface area contributed by atoms with Gasteiger partial charge in [0.15, 0.2) is 0 Å². The van der Waals surface area contributed by atoms with Gasteiger partial charge in [0, 0.05) is 0 Å². The number of aryl methyl sites for hydroxylation is 1. The van der Waals surface area contributed by atoms with E-state index in [4.69, 9.17) is 5.73 Å². The van der Waals surface area contributed by atoms with Gasteiger partial charge in [-0.1, -0.05) is 38.1 Å². The number of benzene rings is 1. The second-order valence-electron chi connectivity index (χ2n) is 4.25. The average molecular weight is 229 g/mol. The lowest BCUT2D eigenvalue weighted by molar-refractivity contribution is 0.658. The molecule has 0 saturated carbocycles. The molecule has 1 heterocycles. The van der Waals surface area contributed by atoms with Crippen molar-refractivity contribution >= 4 is 0 Å². The van der Waals surface area contributed by atoms with Crippen LogP contribution in [0.15, 0.2) is 30.5 Å². The second kappa shape index (κ2) is 5.15. The van der Waals surface area contributed by atoms with E-state index in [1.165, 1.54) is 5.56 Å². The lowest BCUT2D eigenvalue weighted by Gasteiger charge is -2.04. The Bertz CT molecular complexity index is 470. The first-order valence-electron chi connectivity index (χ1n) is 6.14. The number of aromatic nitrogens is 2. The Balaban J connectivity index is 2.24. The Morgan fingerprint density at radius 1 is 1.24 bits per heavy atom. The second-order valence-corrected chi connectivity index (χ2v) is 4.25. The van der Waals surface area contributed by atoms with E-state index in [-0.39, 0.29) is 6.04 Å². The fourth-order valence-corrected chi connectivity index (χ4v) is 1.79. The van der Waals surface area contributed by atoms with Crippen LogP contribution in [0.2, 0.25) is 0 Å². The van der Waals surface area contributed by atoms with Crippen LogP contribution < -0.4 is 5.73 Å². The molecule has 0 fully saturated rings. The molecule has 0 radical (unpaired) electrons. The number of hydrogen-bond acceptors (Lipinski definition) is 2. The molecule has 0 saturated heterocycles. The summed E-state index contributed by atoms with van der Waals surface area (Å²) in [6.45, 7) is 4.21. The third-order valence-electron chi connectivity index (χ3n) is 3.06. The predicted octanol–water partition coefficient (Wildman–Crippen LogP) is 3.05. The first-order valence-corrected chi connectivity index (χ1v) is 6.14. The molecule has 3 nitrogen and oxygen atoms in total. The molecule has 0 bridgehead atoms. The molecule has 0 aliphatic rings. The van der Waals surface area contributed by atoms with Crippen LogP contribution in [0, 0.1) is 0 Å². The standard InChI is InChI=1S/C14H19N3/c1-3-10-5-7-11(8-6-10)13-9-16-14(17-13)12(15)4-2/h5-9,12H,3-4,15H2,1-2H3,(H,16,17). The molecule has 1 atom stereocenters. The van der Waals surface area contributed by atoms with E-state index in [1.807, 2.05) is 6.20 Å². The maximum Gasteiger partial charge on any atom is 0.123 e. The van der Waals surface area contributed by atoms with E-state index in [0.717, 1.165) is 29.9 Å². The molecule has 2 aromatic rings. The number of nitrogens with one attached hydrogen (secondary N) is 1. The van der Waals surface area contributed by atoms with Crippen molar-refractivity contribution < 1.29 is 0 Å². The number of nitrogens with two attached hydrogens (primary N) is 1. The van der Waals surface area contributed by atoms with E-state index in [9.17, 15) is 0 Å². The molecule has 3 N–H and O–H groups in total. The molecular formula is C14H19N3. The lowest BCUT2D eigenvalue weighted by Crippen LogP contribution is -2.10. The number of hydrogen-bond donors (Lipinski definition) is 2. The van der Waals surface area contributed by atoms with Crippen LogP contribution >= 0.6 is 0 Å². The first kappa shape index (κ1) is 11.9. The Morgan fingerprint density at radius 3 is 2.53 bits per heavy atom. The van der Waals surface area contributed by atoms with Gasteiger partial charge in [0.1, 0.15) is 5.82 Å². The number of aromatic amines is 1. The van der Waals surface area contributed by atoms with Gasteiger partial charge in [-0.3, -0.25) is 0 Å². The van der Waals surface area contributed by atoms with Crippen molar-refractivity contribution in [2.75, 3.05) is 0 Å². The van der Waals surface area contributed by atoms with E-state index in [0.29, 0.717) is 0 Å². The number of nitrogens with zero attached hydrogens (tertiary/aromatic N) is 1. The summed E-state index contributed by atoms with van der Waals surface area (Å²) in [6, 6.07) is 8.53. The predicted molar refractivity (Wildman–Crippen MR) is 70.6 cm³/mol. The van der Waals surface area contributed by atoms with Crippen molar-refractivity contribution in [3.05, 3.63) is 41.9 Å². The van der Waals surface area contributed by atoms with E-state index < -0.39 is 0 Å². The molecule has 17 heavy (non-hydrogen) atoms. The number of rotatable bonds is 4. The van der Waals surface area contributed by atoms with Crippen molar-refractivity contribution in [3.8, 4) is 11.3 Å². The Labute approximate surface area is 102 Å². The lowest BCUT2D eigenvalue weighted by atomic mass is 10.1. The Hall–Kier alpha value is -1.61. The van der Waals surface area contributed by atoms with Crippen molar-refractivity contribution in [2.24, 2.45) is 5.73 Å². The zero-order valence-corrected chi connectivity index (χ0v) is 10.4. The monoisotopic (exact) mass is 229 g/mol. The summed E-state index contributed by atoms with van der Waals surface area (Å²) in [5, 5.41) is 0. The molecule has 3 heteroatoms. The maximum atomic E-state index is 5.94. The minimum absolute atomic E-state index is 0.00124. The zero-order chi connectivity index (χ0) is 12.3. The van der Waals surface area contributed by atoms with Crippen LogP contribution in [0.1, 0.15) is 37.7 Å². The van der Waals surface area contributed by atoms with Gasteiger partial charge < -0.3 is 10.7 Å². The van der Waals surface area contributed by atoms with Gasteiger partial charge in [-0.05, 0) is 24.0 Å². The van der Waals surface area contributed by atoms with Crippen LogP contribution in [-0.4, -0.2) is 9.97 Å². The molecule has 0 aliphatic carbocycles. The maximum absolute atomic E-state index is 5.94. The van der Waals surface area contributed by atoms with Gasteiger partial charge in [-0.2, -0.15) is 0 Å². The van der Waals surface area contributed by atoms with Crippen LogP contribution in [0.5, 0.6) is 0 Å². The van der Waals surface area contributed by atoms with Crippen LogP contribution in [-0.2, 0) is 6.42 Å². The van der Waals surface area contributed by atoms with Crippen molar-refractivity contribution in [2.45, 2.75) is 32.7 Å². The van der Waals surface area contributed by atoms with Gasteiger partial charge in [0.25, 0.3) is 0 Å². The fraction of sp³-hybridized carbons (Fsp3) is 0.357. The van der Waals surface area contributed by atoms with E-state index >= 15 is 0 Å². The first-order chi connectivity index (χ1) is 8.24. The minimum Gasteiger partial charge on any atom is -0.341 e. The quantitative estimate of drug-likeness (QED) is 0.846. The summed E-state index contributed by atoms with van der Waals surface area (Å²) in [6.07, 6.45) is 3.81. The third kappa shape index (κ3) is 2.56. The summed E-state index contributed by atoms with van der Waals surface area (Å²) in [5.41, 5.74) is 9.47. The average Bonchev–Trinajstić information content (AvgIpc) is 2.87. The minimum atomic E-state index is -0.00124. The highest BCUT2D eigenvalue weighted by atomic mass is 15.0. The zero-order valence-electron chi connectivity index (χ0n) is 10.4. The van der Waals surface area contributed by atoms with Gasteiger partial charge >= 0.3 is 0 Å². The molecule has 1 aromatic carbocycles. The molecule has 0 aliphatic heterocycles. The van der Waals surface area contributed by atoms with Crippen LogP contribution in [0.25, 0.3) is 11.3 Å². The summed E-state index contributed by atoms with van der Waals surface area (Å²) in [4.78, 5) is 7.61. The molecular weight excluding hydrogens is 210 g/mol. The Kier molecular flexibility index (Phi) is 3.59. The van der Waals surface area contributed by atoms with Crippen molar-refractivity contribution in [1.82, 2.24) is 9.97 Å². The van der Waals surface area contributed by atoms with Gasteiger partial charge in [0.05, 0.1) is 17.9 Å². The topological polar surface area (TPSA) is 54.7 Å². The molecule has 0 amide bonds. The SMILES string of the molecule is CCc1ccc(-c2cnc(C(N)CC)[nH]2)cc1. The summed E-state index contributed by atoms with van der Waals surface area (Å²) >= 11 is 0. The smallest absolute Gasteiger partial charge is 0.123 e. The highest BCUT2D eigenvalue weighted by molar-refractivity contribution is 5.58. The fourth-order valence-electron chi connectivity index (χ4n) is 1.79. The summed E-state index contributed by atoms with van der Waals surface area (Å²) in [5.74, 6) is 0.863. The largest absolute Gasteiger partial charge is 0.341 e. The van der Waals surface area contributed by atoms with Crippen LogP contribution in [0.4, 0.5) is 0 Å². The molecule has 2 rings (SSSR count). The van der Waals surface area contributed by atoms with Gasteiger partial charge in [-0.15, -0.1) is 0 Å². The summed E-state index contributed by atoms with van der Waals surface area (Å²) < 4.78 is 0.